The Morgan fingerprint density at radius 1 is 1.19 bits per heavy atom. The first-order valence-electron chi connectivity index (χ1n) is 7.06. The van der Waals surface area contributed by atoms with Crippen molar-refractivity contribution in [1.82, 2.24) is 4.98 Å². The molecule has 0 saturated carbocycles. The summed E-state index contributed by atoms with van der Waals surface area (Å²) in [5.41, 5.74) is 8.47. The summed E-state index contributed by atoms with van der Waals surface area (Å²) in [6.45, 7) is 7.64. The number of thiazole rings is 1. The third kappa shape index (κ3) is 2.89. The number of nitrogens with two attached hydrogens (primary N) is 1. The Balaban J connectivity index is 1.88. The molecule has 5 heteroatoms. The number of ether oxygens (including phenoxy) is 2. The van der Waals surface area contributed by atoms with Gasteiger partial charge in [0.1, 0.15) is 18.2 Å². The zero-order valence-electron chi connectivity index (χ0n) is 12.6. The fourth-order valence-electron chi connectivity index (χ4n) is 2.17. The zero-order valence-corrected chi connectivity index (χ0v) is 13.4. The Labute approximate surface area is 128 Å². The van der Waals surface area contributed by atoms with Gasteiger partial charge in [0.2, 0.25) is 0 Å². The third-order valence-corrected chi connectivity index (χ3v) is 4.41. The van der Waals surface area contributed by atoms with E-state index < -0.39 is 0 Å². The lowest BCUT2D eigenvalue weighted by Gasteiger charge is -2.20. The van der Waals surface area contributed by atoms with Crippen molar-refractivity contribution in [2.45, 2.75) is 32.2 Å². The van der Waals surface area contributed by atoms with Crippen LogP contribution in [0.3, 0.4) is 0 Å². The van der Waals surface area contributed by atoms with Crippen molar-refractivity contribution in [2.24, 2.45) is 5.73 Å². The number of benzene rings is 1. The summed E-state index contributed by atoms with van der Waals surface area (Å²) in [7, 11) is 0. The van der Waals surface area contributed by atoms with Crippen LogP contribution in [0.4, 0.5) is 0 Å². The number of hydrogen-bond acceptors (Lipinski definition) is 5. The maximum atomic E-state index is 6.36. The van der Waals surface area contributed by atoms with E-state index in [2.05, 4.69) is 26.2 Å². The fraction of sp³-hybridized carbons (Fsp3) is 0.438. The van der Waals surface area contributed by atoms with Crippen molar-refractivity contribution in [1.29, 1.82) is 0 Å². The van der Waals surface area contributed by atoms with Gasteiger partial charge in [-0.1, -0.05) is 26.8 Å². The van der Waals surface area contributed by atoms with E-state index in [0.29, 0.717) is 13.2 Å². The minimum absolute atomic E-state index is 0.0429. The number of rotatable bonds is 2. The van der Waals surface area contributed by atoms with Crippen LogP contribution in [0.25, 0.3) is 0 Å². The van der Waals surface area contributed by atoms with Crippen molar-refractivity contribution < 1.29 is 9.47 Å². The molecule has 1 atom stereocenters. The lowest BCUT2D eigenvalue weighted by atomic mass is 9.93. The minimum Gasteiger partial charge on any atom is -0.486 e. The lowest BCUT2D eigenvalue weighted by molar-refractivity contribution is 0.171. The molecule has 1 aromatic heterocycles. The van der Waals surface area contributed by atoms with Gasteiger partial charge in [-0.25, -0.2) is 4.98 Å². The predicted octanol–water partition coefficient (Wildman–Crippen LogP) is 3.26. The van der Waals surface area contributed by atoms with Crippen LogP contribution in [0.5, 0.6) is 11.5 Å². The quantitative estimate of drug-likeness (QED) is 0.925. The molecule has 3 rings (SSSR count). The van der Waals surface area contributed by atoms with Gasteiger partial charge in [0.25, 0.3) is 0 Å². The molecule has 1 aromatic carbocycles. The highest BCUT2D eigenvalue weighted by Gasteiger charge is 2.21. The molecule has 1 aliphatic rings. The highest BCUT2D eigenvalue weighted by atomic mass is 32.1. The van der Waals surface area contributed by atoms with Crippen LogP contribution < -0.4 is 15.2 Å². The summed E-state index contributed by atoms with van der Waals surface area (Å²) < 4.78 is 11.1. The molecule has 1 unspecified atom stereocenters. The van der Waals surface area contributed by atoms with Crippen molar-refractivity contribution in [3.05, 3.63) is 39.8 Å². The second-order valence-electron chi connectivity index (χ2n) is 6.20. The van der Waals surface area contributed by atoms with E-state index in [-0.39, 0.29) is 11.5 Å². The van der Waals surface area contributed by atoms with Crippen LogP contribution in [0.15, 0.2) is 23.6 Å². The van der Waals surface area contributed by atoms with E-state index >= 15 is 0 Å². The standard InChI is InChI=1S/C16H20N2O2S/c1-16(2,3)13-9-21-15(18-13)14(17)10-4-5-11-12(8-10)20-7-6-19-11/h4-5,8-9,14H,6-7,17H2,1-3H3. The van der Waals surface area contributed by atoms with Crippen LogP contribution in [-0.4, -0.2) is 18.2 Å². The molecule has 0 bridgehead atoms. The molecule has 2 heterocycles. The largest absolute Gasteiger partial charge is 0.486 e. The Morgan fingerprint density at radius 2 is 1.90 bits per heavy atom. The molecule has 112 valence electrons. The van der Waals surface area contributed by atoms with E-state index in [4.69, 9.17) is 20.2 Å². The number of hydrogen-bond donors (Lipinski definition) is 1. The molecule has 0 fully saturated rings. The van der Waals surface area contributed by atoms with Gasteiger partial charge >= 0.3 is 0 Å². The van der Waals surface area contributed by atoms with Crippen LogP contribution in [0.2, 0.25) is 0 Å². The normalized spacial score (nSPS) is 15.8. The molecular weight excluding hydrogens is 284 g/mol. The van der Waals surface area contributed by atoms with Crippen LogP contribution in [0, 0.1) is 0 Å². The van der Waals surface area contributed by atoms with Gasteiger partial charge in [-0.15, -0.1) is 11.3 Å². The molecule has 0 aliphatic carbocycles. The van der Waals surface area contributed by atoms with Crippen LogP contribution in [0.1, 0.15) is 43.1 Å². The highest BCUT2D eigenvalue weighted by molar-refractivity contribution is 7.09. The second kappa shape index (κ2) is 5.31. The molecule has 2 N–H and O–H groups in total. The van der Waals surface area contributed by atoms with E-state index in [1.807, 2.05) is 18.2 Å². The number of nitrogens with zero attached hydrogens (tertiary/aromatic N) is 1. The van der Waals surface area contributed by atoms with Gasteiger partial charge in [0, 0.05) is 10.8 Å². The number of aromatic nitrogens is 1. The average molecular weight is 304 g/mol. The molecule has 0 radical (unpaired) electrons. The van der Waals surface area contributed by atoms with Crippen molar-refractivity contribution in [2.75, 3.05) is 13.2 Å². The van der Waals surface area contributed by atoms with Crippen molar-refractivity contribution >= 4 is 11.3 Å². The van der Waals surface area contributed by atoms with Crippen molar-refractivity contribution in [3.8, 4) is 11.5 Å². The Kier molecular flexibility index (Phi) is 3.63. The predicted molar refractivity (Wildman–Crippen MR) is 84.3 cm³/mol. The van der Waals surface area contributed by atoms with E-state index in [1.54, 1.807) is 11.3 Å². The SMILES string of the molecule is CC(C)(C)c1csc(C(N)c2ccc3c(c2)OCCO3)n1. The van der Waals surface area contributed by atoms with Gasteiger partial charge in [0.05, 0.1) is 11.7 Å². The molecule has 0 spiro atoms. The molecule has 2 aromatic rings. The lowest BCUT2D eigenvalue weighted by Crippen LogP contribution is -2.17. The van der Waals surface area contributed by atoms with Gasteiger partial charge in [0.15, 0.2) is 11.5 Å². The fourth-order valence-corrected chi connectivity index (χ4v) is 3.24. The topological polar surface area (TPSA) is 57.4 Å². The first-order valence-corrected chi connectivity index (χ1v) is 7.94. The first-order chi connectivity index (χ1) is 9.95. The second-order valence-corrected chi connectivity index (χ2v) is 7.09. The monoisotopic (exact) mass is 304 g/mol. The summed E-state index contributed by atoms with van der Waals surface area (Å²) in [4.78, 5) is 4.69. The molecule has 1 aliphatic heterocycles. The smallest absolute Gasteiger partial charge is 0.161 e. The number of fused-ring (bicyclic) bond motifs is 1. The summed E-state index contributed by atoms with van der Waals surface area (Å²) >= 11 is 1.61. The van der Waals surface area contributed by atoms with Crippen molar-refractivity contribution in [3.63, 3.8) is 0 Å². The summed E-state index contributed by atoms with van der Waals surface area (Å²) in [5, 5.41) is 3.02. The minimum atomic E-state index is -0.234. The molecule has 0 saturated heterocycles. The zero-order chi connectivity index (χ0) is 15.0. The average Bonchev–Trinajstić information content (AvgIpc) is 2.96. The van der Waals surface area contributed by atoms with Crippen LogP contribution >= 0.6 is 11.3 Å². The molecule has 4 nitrogen and oxygen atoms in total. The van der Waals surface area contributed by atoms with E-state index in [1.165, 1.54) is 0 Å². The Bertz CT molecular complexity index is 646. The van der Waals surface area contributed by atoms with Gasteiger partial charge in [-0.3, -0.25) is 0 Å². The highest BCUT2D eigenvalue weighted by Crippen LogP contribution is 2.35. The maximum absolute atomic E-state index is 6.36. The van der Waals surface area contributed by atoms with Gasteiger partial charge in [-0.2, -0.15) is 0 Å². The third-order valence-electron chi connectivity index (χ3n) is 3.48. The van der Waals surface area contributed by atoms with Crippen LogP contribution in [-0.2, 0) is 5.41 Å². The van der Waals surface area contributed by atoms with Gasteiger partial charge in [-0.05, 0) is 17.7 Å². The van der Waals surface area contributed by atoms with E-state index in [0.717, 1.165) is 27.8 Å². The maximum Gasteiger partial charge on any atom is 0.161 e. The summed E-state index contributed by atoms with van der Waals surface area (Å²) in [5.74, 6) is 1.55. The summed E-state index contributed by atoms with van der Waals surface area (Å²) in [6, 6.07) is 5.62. The molecule has 21 heavy (non-hydrogen) atoms. The Morgan fingerprint density at radius 3 is 2.57 bits per heavy atom. The Hall–Kier alpha value is -1.59. The van der Waals surface area contributed by atoms with E-state index in [9.17, 15) is 0 Å². The molecular formula is C16H20N2O2S. The molecule has 0 amide bonds. The first kappa shape index (κ1) is 14.4. The summed E-state index contributed by atoms with van der Waals surface area (Å²) in [6.07, 6.45) is 0. The van der Waals surface area contributed by atoms with Gasteiger partial charge < -0.3 is 15.2 Å².